The van der Waals surface area contributed by atoms with E-state index in [0.717, 1.165) is 19.3 Å². The molecule has 1 aliphatic rings. The van der Waals surface area contributed by atoms with Crippen LogP contribution < -0.4 is 15.8 Å². The number of carbonyl (C=O) groups is 2. The summed E-state index contributed by atoms with van der Waals surface area (Å²) in [5, 5.41) is 21.2. The highest BCUT2D eigenvalue weighted by atomic mass is 16.5. The van der Waals surface area contributed by atoms with Gasteiger partial charge in [-0.3, -0.25) is 20.0 Å². The van der Waals surface area contributed by atoms with E-state index in [1.165, 1.54) is 12.3 Å². The smallest absolute Gasteiger partial charge is 0.251 e. The van der Waals surface area contributed by atoms with E-state index < -0.39 is 0 Å². The minimum absolute atomic E-state index is 0.00595. The number of nitrogens with zero attached hydrogens (tertiary/aromatic N) is 2. The first-order valence-corrected chi connectivity index (χ1v) is 11.3. The molecule has 9 heteroatoms. The Morgan fingerprint density at radius 2 is 1.89 bits per heavy atom. The molecule has 4 rings (SSSR count). The van der Waals surface area contributed by atoms with Crippen molar-refractivity contribution >= 4 is 23.7 Å². The third-order valence-electron chi connectivity index (χ3n) is 5.94. The first-order chi connectivity index (χ1) is 16.9. The average molecular weight is 474 g/mol. The summed E-state index contributed by atoms with van der Waals surface area (Å²) in [5.41, 5.74) is 8.47. The quantitative estimate of drug-likeness (QED) is 0.225. The molecule has 3 aromatic rings. The number of nitrogens with one attached hydrogen (secondary N) is 2. The molecule has 0 atom stereocenters. The Bertz CT molecular complexity index is 1220. The lowest BCUT2D eigenvalue weighted by Crippen LogP contribution is -2.37. The SMILES string of the molecule is N=C(c1ccc(OC2CCN(C=O)CC2)cc1)c1cc(C(=O)NCc2ncccc2O)ccc1N. The van der Waals surface area contributed by atoms with Crippen LogP contribution in [0.5, 0.6) is 11.5 Å². The van der Waals surface area contributed by atoms with Crippen molar-refractivity contribution in [2.75, 3.05) is 18.8 Å². The Hall–Kier alpha value is -4.40. The van der Waals surface area contributed by atoms with Crippen LogP contribution in [-0.4, -0.2) is 52.2 Å². The second-order valence-electron chi connectivity index (χ2n) is 8.31. The molecular weight excluding hydrogens is 446 g/mol. The Morgan fingerprint density at radius 1 is 1.17 bits per heavy atom. The molecule has 2 heterocycles. The van der Waals surface area contributed by atoms with Crippen LogP contribution in [-0.2, 0) is 11.3 Å². The van der Waals surface area contributed by atoms with Crippen LogP contribution in [0.2, 0.25) is 0 Å². The zero-order valence-electron chi connectivity index (χ0n) is 19.1. The molecule has 9 nitrogen and oxygen atoms in total. The Labute approximate surface area is 203 Å². The molecule has 1 aliphatic heterocycles. The number of hydrogen-bond acceptors (Lipinski definition) is 7. The van der Waals surface area contributed by atoms with Crippen LogP contribution in [0.25, 0.3) is 0 Å². The molecule has 1 saturated heterocycles. The fraction of sp³-hybridized carbons (Fsp3) is 0.231. The number of aromatic nitrogens is 1. The van der Waals surface area contributed by atoms with Crippen molar-refractivity contribution in [3.8, 4) is 11.5 Å². The summed E-state index contributed by atoms with van der Waals surface area (Å²) in [6.45, 7) is 1.44. The zero-order valence-corrected chi connectivity index (χ0v) is 19.1. The van der Waals surface area contributed by atoms with E-state index in [4.69, 9.17) is 15.9 Å². The molecule has 0 spiro atoms. The van der Waals surface area contributed by atoms with E-state index in [2.05, 4.69) is 10.3 Å². The number of benzene rings is 2. The monoisotopic (exact) mass is 473 g/mol. The van der Waals surface area contributed by atoms with Crippen molar-refractivity contribution < 1.29 is 19.4 Å². The summed E-state index contributed by atoms with van der Waals surface area (Å²) in [4.78, 5) is 29.3. The maximum atomic E-state index is 12.7. The number of likely N-dealkylation sites (tertiary alicyclic amines) is 1. The molecule has 2 aromatic carbocycles. The van der Waals surface area contributed by atoms with Gasteiger partial charge in [0.25, 0.3) is 5.91 Å². The van der Waals surface area contributed by atoms with E-state index in [9.17, 15) is 14.7 Å². The number of hydrogen-bond donors (Lipinski definition) is 4. The van der Waals surface area contributed by atoms with Gasteiger partial charge < -0.3 is 25.8 Å². The topological polar surface area (TPSA) is 142 Å². The fourth-order valence-electron chi connectivity index (χ4n) is 3.89. The van der Waals surface area contributed by atoms with Gasteiger partial charge in [-0.25, -0.2) is 0 Å². The first kappa shape index (κ1) is 23.7. The molecule has 1 aromatic heterocycles. The third-order valence-corrected chi connectivity index (χ3v) is 5.94. The van der Waals surface area contributed by atoms with Gasteiger partial charge in [-0.15, -0.1) is 0 Å². The molecule has 0 radical (unpaired) electrons. The van der Waals surface area contributed by atoms with E-state index in [1.54, 1.807) is 41.3 Å². The van der Waals surface area contributed by atoms with Gasteiger partial charge >= 0.3 is 0 Å². The lowest BCUT2D eigenvalue weighted by atomic mass is 9.98. The minimum atomic E-state index is -0.367. The number of rotatable bonds is 8. The van der Waals surface area contributed by atoms with Gasteiger partial charge in [0.2, 0.25) is 6.41 Å². The van der Waals surface area contributed by atoms with Crippen molar-refractivity contribution in [2.45, 2.75) is 25.5 Å². The van der Waals surface area contributed by atoms with Gasteiger partial charge in [-0.1, -0.05) is 0 Å². The largest absolute Gasteiger partial charge is 0.506 e. The van der Waals surface area contributed by atoms with E-state index in [-0.39, 0.29) is 30.0 Å². The van der Waals surface area contributed by atoms with Crippen LogP contribution in [0.1, 0.15) is 40.0 Å². The summed E-state index contributed by atoms with van der Waals surface area (Å²) in [7, 11) is 0. The number of pyridine rings is 1. The Morgan fingerprint density at radius 3 is 2.57 bits per heavy atom. The second kappa shape index (κ2) is 10.7. The number of piperidine rings is 1. The van der Waals surface area contributed by atoms with Crippen molar-refractivity contribution in [2.24, 2.45) is 0 Å². The number of carbonyl (C=O) groups excluding carboxylic acids is 2. The highest BCUT2D eigenvalue weighted by molar-refractivity contribution is 6.14. The van der Waals surface area contributed by atoms with Crippen molar-refractivity contribution in [1.29, 1.82) is 5.41 Å². The lowest BCUT2D eigenvalue weighted by molar-refractivity contribution is -0.119. The molecule has 1 fully saturated rings. The summed E-state index contributed by atoms with van der Waals surface area (Å²) >= 11 is 0. The van der Waals surface area contributed by atoms with Crippen LogP contribution >= 0.6 is 0 Å². The molecule has 180 valence electrons. The van der Waals surface area contributed by atoms with Gasteiger partial charge in [-0.2, -0.15) is 0 Å². The van der Waals surface area contributed by atoms with Crippen molar-refractivity contribution in [1.82, 2.24) is 15.2 Å². The van der Waals surface area contributed by atoms with Crippen LogP contribution in [0, 0.1) is 5.41 Å². The number of anilines is 1. The van der Waals surface area contributed by atoms with Gasteiger partial charge in [-0.05, 0) is 54.6 Å². The Balaban J connectivity index is 1.41. The molecule has 0 unspecified atom stereocenters. The lowest BCUT2D eigenvalue weighted by Gasteiger charge is -2.29. The highest BCUT2D eigenvalue weighted by Gasteiger charge is 2.20. The van der Waals surface area contributed by atoms with Gasteiger partial charge in [0, 0.05) is 54.5 Å². The number of ether oxygens (including phenoxy) is 1. The van der Waals surface area contributed by atoms with Gasteiger partial charge in [0.05, 0.1) is 12.3 Å². The molecular formula is C26H27N5O4. The second-order valence-corrected chi connectivity index (χ2v) is 8.31. The fourth-order valence-corrected chi connectivity index (χ4v) is 3.89. The highest BCUT2D eigenvalue weighted by Crippen LogP contribution is 2.23. The number of aromatic hydroxyl groups is 1. The molecule has 0 bridgehead atoms. The van der Waals surface area contributed by atoms with Crippen LogP contribution in [0.3, 0.4) is 0 Å². The predicted molar refractivity (Wildman–Crippen MR) is 132 cm³/mol. The standard InChI is InChI=1S/C26H27N5O4/c27-22-8-5-18(26(34)30-15-23-24(33)2-1-11-29-23)14-21(22)25(28)17-3-6-19(7-4-17)35-20-9-12-31(16-32)13-10-20/h1-8,11,14,16,20,28,33H,9-10,12-13,15,27H2,(H,30,34). The maximum absolute atomic E-state index is 12.7. The Kier molecular flexibility index (Phi) is 7.25. The van der Waals surface area contributed by atoms with E-state index in [0.29, 0.717) is 46.9 Å². The van der Waals surface area contributed by atoms with Gasteiger partial charge in [0.15, 0.2) is 0 Å². The summed E-state index contributed by atoms with van der Waals surface area (Å²) in [6.07, 6.45) is 4.02. The molecule has 0 aliphatic carbocycles. The molecule has 0 saturated carbocycles. The first-order valence-electron chi connectivity index (χ1n) is 11.3. The van der Waals surface area contributed by atoms with E-state index in [1.807, 2.05) is 12.1 Å². The van der Waals surface area contributed by atoms with Crippen molar-refractivity contribution in [3.05, 3.63) is 83.2 Å². The van der Waals surface area contributed by atoms with E-state index >= 15 is 0 Å². The average Bonchev–Trinajstić information content (AvgIpc) is 2.89. The van der Waals surface area contributed by atoms with Crippen molar-refractivity contribution in [3.63, 3.8) is 0 Å². The molecule has 35 heavy (non-hydrogen) atoms. The summed E-state index contributed by atoms with van der Waals surface area (Å²) < 4.78 is 6.02. The van der Waals surface area contributed by atoms with Crippen LogP contribution in [0.4, 0.5) is 5.69 Å². The predicted octanol–water partition coefficient (Wildman–Crippen LogP) is 2.72. The number of amides is 2. The van der Waals surface area contributed by atoms with Crippen LogP contribution in [0.15, 0.2) is 60.8 Å². The summed E-state index contributed by atoms with van der Waals surface area (Å²) in [5.74, 6) is 0.338. The zero-order chi connectivity index (χ0) is 24.8. The van der Waals surface area contributed by atoms with Gasteiger partial charge in [0.1, 0.15) is 23.3 Å². The normalized spacial score (nSPS) is 13.8. The summed E-state index contributed by atoms with van der Waals surface area (Å²) in [6, 6.07) is 15.1. The minimum Gasteiger partial charge on any atom is -0.506 e. The third kappa shape index (κ3) is 5.75. The molecule has 5 N–H and O–H groups in total. The number of nitrogens with two attached hydrogens (primary N) is 1. The molecule has 2 amide bonds. The maximum Gasteiger partial charge on any atom is 0.251 e. The number of nitrogen functional groups attached to an aromatic ring is 1.